The number of carbonyl (C=O) groups excluding carboxylic acids is 1. The fraction of sp³-hybridized carbons (Fsp3) is 0.500. The lowest BCUT2D eigenvalue weighted by Gasteiger charge is -2.30. The van der Waals surface area contributed by atoms with Gasteiger partial charge < -0.3 is 25.0 Å². The van der Waals surface area contributed by atoms with Crippen LogP contribution in [0.4, 0.5) is 15.1 Å². The number of methoxy groups -OCH3 is 1. The molecule has 2 aromatic rings. The number of anilines is 1. The molecule has 8 nitrogen and oxygen atoms in total. The first kappa shape index (κ1) is 22.7. The number of amides is 2. The number of nitrogens with one attached hydrogen (secondary N) is 2. The van der Waals surface area contributed by atoms with Crippen LogP contribution in [0.2, 0.25) is 5.02 Å². The quantitative estimate of drug-likeness (QED) is 0.683. The van der Waals surface area contributed by atoms with E-state index in [0.29, 0.717) is 37.1 Å². The molecule has 1 aromatic heterocycles. The Bertz CT molecular complexity index is 957. The Kier molecular flexibility index (Phi) is 7.39. The number of benzene rings is 1. The van der Waals surface area contributed by atoms with Crippen molar-refractivity contribution in [2.75, 3.05) is 38.8 Å². The van der Waals surface area contributed by atoms with Crippen molar-refractivity contribution in [3.05, 3.63) is 52.1 Å². The number of ether oxygens (including phenoxy) is 2. The monoisotopic (exact) mass is 463 g/mol. The van der Waals surface area contributed by atoms with E-state index in [4.69, 9.17) is 21.1 Å². The molecule has 1 atom stereocenters. The van der Waals surface area contributed by atoms with Gasteiger partial charge in [-0.3, -0.25) is 0 Å². The van der Waals surface area contributed by atoms with Crippen molar-refractivity contribution >= 4 is 23.6 Å². The van der Waals surface area contributed by atoms with Gasteiger partial charge in [-0.2, -0.15) is 0 Å². The molecule has 0 spiro atoms. The van der Waals surface area contributed by atoms with Crippen LogP contribution in [0.5, 0.6) is 0 Å². The molecule has 172 valence electrons. The first-order valence-electron chi connectivity index (χ1n) is 10.7. The summed E-state index contributed by atoms with van der Waals surface area (Å²) in [5.74, 6) is 0.0412. The largest absolute Gasteiger partial charge is 0.382 e. The molecule has 4 rings (SSSR count). The summed E-state index contributed by atoms with van der Waals surface area (Å²) in [5.41, 5.74) is 2.46. The summed E-state index contributed by atoms with van der Waals surface area (Å²) in [5, 5.41) is 6.35. The second-order valence-corrected chi connectivity index (χ2v) is 8.41. The van der Waals surface area contributed by atoms with Gasteiger partial charge in [0.25, 0.3) is 0 Å². The number of rotatable bonds is 6. The second-order valence-electron chi connectivity index (χ2n) is 8.00. The van der Waals surface area contributed by atoms with Crippen molar-refractivity contribution in [2.24, 2.45) is 0 Å². The lowest BCUT2D eigenvalue weighted by atomic mass is 10.1. The Labute approximate surface area is 191 Å². The summed E-state index contributed by atoms with van der Waals surface area (Å²) in [7, 11) is 1.53. The summed E-state index contributed by atoms with van der Waals surface area (Å²) in [4.78, 5) is 23.8. The molecule has 0 saturated carbocycles. The lowest BCUT2D eigenvalue weighted by Crippen LogP contribution is -2.45. The van der Waals surface area contributed by atoms with Crippen LogP contribution in [0.25, 0.3) is 0 Å². The van der Waals surface area contributed by atoms with E-state index in [2.05, 4.69) is 20.6 Å². The van der Waals surface area contributed by atoms with Crippen LogP contribution in [-0.2, 0) is 22.4 Å². The van der Waals surface area contributed by atoms with Gasteiger partial charge in [-0.05, 0) is 42.5 Å². The van der Waals surface area contributed by atoms with Gasteiger partial charge in [-0.25, -0.2) is 19.2 Å². The van der Waals surface area contributed by atoms with E-state index in [9.17, 15) is 9.18 Å². The van der Waals surface area contributed by atoms with Crippen molar-refractivity contribution in [3.8, 4) is 0 Å². The van der Waals surface area contributed by atoms with Crippen LogP contribution in [0.1, 0.15) is 35.7 Å². The van der Waals surface area contributed by atoms with Gasteiger partial charge in [0.2, 0.25) is 5.95 Å². The van der Waals surface area contributed by atoms with Gasteiger partial charge in [0.1, 0.15) is 5.82 Å². The number of urea groups is 1. The average molecular weight is 464 g/mol. The van der Waals surface area contributed by atoms with Crippen LogP contribution in [-0.4, -0.2) is 60.4 Å². The maximum absolute atomic E-state index is 13.9. The molecule has 3 heterocycles. The molecule has 0 aliphatic carbocycles. The molecule has 0 radical (unpaired) electrons. The predicted octanol–water partition coefficient (Wildman–Crippen LogP) is 3.32. The topological polar surface area (TPSA) is 88.6 Å². The van der Waals surface area contributed by atoms with E-state index in [1.165, 1.54) is 19.2 Å². The Morgan fingerprint density at radius 3 is 2.97 bits per heavy atom. The van der Waals surface area contributed by atoms with Gasteiger partial charge in [0.05, 0.1) is 29.9 Å². The molecule has 10 heteroatoms. The van der Waals surface area contributed by atoms with Gasteiger partial charge in [-0.15, -0.1) is 0 Å². The minimum atomic E-state index is -0.535. The summed E-state index contributed by atoms with van der Waals surface area (Å²) >= 11 is 5.79. The van der Waals surface area contributed by atoms with Crippen molar-refractivity contribution in [2.45, 2.75) is 37.9 Å². The van der Waals surface area contributed by atoms with Gasteiger partial charge in [0, 0.05) is 39.1 Å². The molecule has 1 aromatic carbocycles. The minimum absolute atomic E-state index is 0.0359. The Hall–Kier alpha value is -2.49. The molecule has 2 amide bonds. The van der Waals surface area contributed by atoms with Gasteiger partial charge in [0.15, 0.2) is 0 Å². The number of fused-ring (bicyclic) bond motifs is 1. The minimum Gasteiger partial charge on any atom is -0.382 e. The highest BCUT2D eigenvalue weighted by atomic mass is 35.5. The first-order valence-corrected chi connectivity index (χ1v) is 11.1. The Morgan fingerprint density at radius 2 is 2.22 bits per heavy atom. The van der Waals surface area contributed by atoms with Crippen molar-refractivity contribution < 1.29 is 18.7 Å². The van der Waals surface area contributed by atoms with Crippen LogP contribution in [0.15, 0.2) is 24.4 Å². The molecule has 2 N–H and O–H groups in total. The fourth-order valence-corrected chi connectivity index (χ4v) is 4.05. The van der Waals surface area contributed by atoms with Crippen molar-refractivity contribution in [3.63, 3.8) is 0 Å². The van der Waals surface area contributed by atoms with E-state index in [-0.39, 0.29) is 17.7 Å². The fourth-order valence-electron chi connectivity index (χ4n) is 3.93. The molecule has 32 heavy (non-hydrogen) atoms. The highest BCUT2D eigenvalue weighted by Gasteiger charge is 2.25. The molecule has 2 aliphatic heterocycles. The summed E-state index contributed by atoms with van der Waals surface area (Å²) < 4.78 is 24.5. The molecule has 2 aliphatic rings. The van der Waals surface area contributed by atoms with E-state index < -0.39 is 11.9 Å². The van der Waals surface area contributed by atoms with E-state index in [1.54, 1.807) is 11.0 Å². The molecular weight excluding hydrogens is 437 g/mol. The molecule has 0 bridgehead atoms. The smallest absolute Gasteiger partial charge is 0.318 e. The zero-order chi connectivity index (χ0) is 22.5. The van der Waals surface area contributed by atoms with Crippen LogP contribution in [0.3, 0.4) is 0 Å². The average Bonchev–Trinajstić information content (AvgIpc) is 2.81. The van der Waals surface area contributed by atoms with E-state index in [1.807, 2.05) is 6.20 Å². The van der Waals surface area contributed by atoms with Gasteiger partial charge in [-0.1, -0.05) is 17.7 Å². The molecular formula is C22H27ClFN5O3. The number of carbonyl (C=O) groups is 1. The predicted molar refractivity (Wildman–Crippen MR) is 118 cm³/mol. The van der Waals surface area contributed by atoms with Crippen LogP contribution < -0.4 is 10.6 Å². The van der Waals surface area contributed by atoms with Crippen molar-refractivity contribution in [1.82, 2.24) is 20.2 Å². The van der Waals surface area contributed by atoms with Crippen LogP contribution >= 0.6 is 11.6 Å². The highest BCUT2D eigenvalue weighted by molar-refractivity contribution is 6.30. The summed E-state index contributed by atoms with van der Waals surface area (Å²) in [6.45, 7) is 2.59. The third-order valence-corrected chi connectivity index (χ3v) is 6.07. The van der Waals surface area contributed by atoms with Crippen molar-refractivity contribution in [1.29, 1.82) is 0 Å². The maximum atomic E-state index is 13.9. The molecule has 1 saturated heterocycles. The number of halogens is 2. The third kappa shape index (κ3) is 5.46. The molecule has 0 unspecified atom stereocenters. The number of hydrogen-bond donors (Lipinski definition) is 2. The first-order chi connectivity index (χ1) is 15.5. The Balaban J connectivity index is 1.42. The number of hydrogen-bond acceptors (Lipinski definition) is 6. The Morgan fingerprint density at radius 1 is 1.41 bits per heavy atom. The van der Waals surface area contributed by atoms with Crippen LogP contribution in [0, 0.1) is 5.82 Å². The molecule has 1 fully saturated rings. The second kappa shape index (κ2) is 10.4. The maximum Gasteiger partial charge on any atom is 0.318 e. The highest BCUT2D eigenvalue weighted by Crippen LogP contribution is 2.23. The normalized spacial score (nSPS) is 17.5. The zero-order valence-electron chi connectivity index (χ0n) is 17.9. The van der Waals surface area contributed by atoms with E-state index in [0.717, 1.165) is 37.3 Å². The number of aromatic nitrogens is 2. The third-order valence-electron chi connectivity index (χ3n) is 5.76. The zero-order valence-corrected chi connectivity index (χ0v) is 18.7. The lowest BCUT2D eigenvalue weighted by molar-refractivity contribution is 0.0903. The standard InChI is InChI=1S/C22H27ClFN5O3/c1-31-13-20(14-2-3-17(23)18(24)10-14)28-22(30)29-7-4-15-11-25-21(27-19(15)12-29)26-16-5-8-32-9-6-16/h2-3,10-11,16,20H,4-9,12-13H2,1H3,(H,28,30)(H,25,26,27)/t20-/m1/s1. The van der Waals surface area contributed by atoms with Gasteiger partial charge >= 0.3 is 6.03 Å². The summed E-state index contributed by atoms with van der Waals surface area (Å²) in [6, 6.07) is 4.01. The summed E-state index contributed by atoms with van der Waals surface area (Å²) in [6.07, 6.45) is 4.34. The van der Waals surface area contributed by atoms with E-state index >= 15 is 0 Å². The number of nitrogens with zero attached hydrogens (tertiary/aromatic N) is 3. The SMILES string of the molecule is COC[C@@H](NC(=O)N1CCc2cnc(NC3CCOCC3)nc2C1)c1ccc(Cl)c(F)c1.